The molecule has 0 bridgehead atoms. The van der Waals surface area contributed by atoms with Crippen LogP contribution in [0.4, 0.5) is 0 Å². The van der Waals surface area contributed by atoms with Gasteiger partial charge in [-0.2, -0.15) is 0 Å². The van der Waals surface area contributed by atoms with Crippen molar-refractivity contribution in [1.29, 1.82) is 0 Å². The summed E-state index contributed by atoms with van der Waals surface area (Å²) in [5.41, 5.74) is 0. The molecular weight excluding hydrogens is 250 g/mol. The Labute approximate surface area is 102 Å². The van der Waals surface area contributed by atoms with Crippen molar-refractivity contribution in [3.8, 4) is 0 Å². The Balaban J connectivity index is -0.00000000533. The minimum absolute atomic E-state index is 0. The van der Waals surface area contributed by atoms with Crippen LogP contribution in [0, 0.1) is 0 Å². The molecule has 9 heteroatoms. The van der Waals surface area contributed by atoms with E-state index in [1.165, 1.54) is 0 Å². The summed E-state index contributed by atoms with van der Waals surface area (Å²) in [6, 6.07) is 0. The van der Waals surface area contributed by atoms with Crippen molar-refractivity contribution in [3.63, 3.8) is 0 Å². The monoisotopic (exact) mass is 254 g/mol. The Hall–Kier alpha value is 2.23. The van der Waals surface area contributed by atoms with Crippen molar-refractivity contribution in [3.05, 3.63) is 0 Å². The fraction of sp³-hybridized carbons (Fsp3) is 0. The molecule has 0 fully saturated rings. The zero-order valence-electron chi connectivity index (χ0n) is 6.74. The predicted octanol–water partition coefficient (Wildman–Crippen LogP) is -7.13. The SMILES string of the molecule is [Co].[H-].[H-].[Li+].[Li+].[Ni].[O]=[Mn](=[O])([OH])[OH]. The molecule has 1 radical (unpaired) electrons. The summed E-state index contributed by atoms with van der Waals surface area (Å²) in [6.45, 7) is 0. The van der Waals surface area contributed by atoms with Gasteiger partial charge in [-0.15, -0.1) is 0 Å². The number of hydrogen-bond donors (Lipinski definition) is 2. The second-order valence-electron chi connectivity index (χ2n) is 0.415. The molecule has 0 aromatic rings. The fourth-order valence-electron chi connectivity index (χ4n) is 0. The Morgan fingerprint density at radius 2 is 1.11 bits per heavy atom. The second kappa shape index (κ2) is 12.9. The zero-order valence-corrected chi connectivity index (χ0v) is 7.95. The Morgan fingerprint density at radius 1 is 1.11 bits per heavy atom. The molecule has 0 aliphatic carbocycles. The van der Waals surface area contributed by atoms with Crippen LogP contribution < -0.4 is 37.7 Å². The summed E-state index contributed by atoms with van der Waals surface area (Å²) < 4.78 is 31.8. The Kier molecular flexibility index (Phi) is 43.3. The van der Waals surface area contributed by atoms with Gasteiger partial charge < -0.3 is 2.85 Å². The second-order valence-corrected chi connectivity index (χ2v) is 1.71. The summed E-state index contributed by atoms with van der Waals surface area (Å²) in [5.74, 6) is 0. The topological polar surface area (TPSA) is 74.6 Å². The fourth-order valence-corrected chi connectivity index (χ4v) is 0. The Bertz CT molecular complexity index is 109. The van der Waals surface area contributed by atoms with E-state index in [9.17, 15) is 0 Å². The minimum atomic E-state index is -5.12. The molecule has 0 aliphatic heterocycles. The average molecular weight is 254 g/mol. The van der Waals surface area contributed by atoms with E-state index in [4.69, 9.17) is 16.0 Å². The molecule has 0 aromatic heterocycles. The van der Waals surface area contributed by atoms with E-state index >= 15 is 0 Å². The molecule has 0 aliphatic rings. The van der Waals surface area contributed by atoms with Crippen LogP contribution in [-0.2, 0) is 54.3 Å². The summed E-state index contributed by atoms with van der Waals surface area (Å²) in [6.07, 6.45) is 0. The van der Waals surface area contributed by atoms with Crippen molar-refractivity contribution in [1.82, 2.24) is 0 Å². The van der Waals surface area contributed by atoms with E-state index in [2.05, 4.69) is 0 Å². The molecule has 0 amide bonds. The van der Waals surface area contributed by atoms with E-state index in [1.807, 2.05) is 0 Å². The predicted molar refractivity (Wildman–Crippen MR) is 8.03 cm³/mol. The summed E-state index contributed by atoms with van der Waals surface area (Å²) in [7, 11) is 0. The van der Waals surface area contributed by atoms with Crippen LogP contribution >= 0.6 is 0 Å². The maximum atomic E-state index is 8.80. The molecule has 0 atom stereocenters. The van der Waals surface area contributed by atoms with Crippen molar-refractivity contribution >= 4 is 0 Å². The van der Waals surface area contributed by atoms with Gasteiger partial charge in [-0.3, -0.25) is 0 Å². The van der Waals surface area contributed by atoms with Crippen LogP contribution in [0.15, 0.2) is 0 Å². The van der Waals surface area contributed by atoms with E-state index < -0.39 is 13.4 Å². The third-order valence-electron chi connectivity index (χ3n) is 0. The van der Waals surface area contributed by atoms with Gasteiger partial charge in [0.25, 0.3) is 0 Å². The van der Waals surface area contributed by atoms with Crippen LogP contribution in [-0.4, -0.2) is 8.38 Å². The van der Waals surface area contributed by atoms with E-state index in [1.54, 1.807) is 0 Å². The third kappa shape index (κ3) is 139. The summed E-state index contributed by atoms with van der Waals surface area (Å²) >= 11 is -5.12. The van der Waals surface area contributed by atoms with E-state index in [0.717, 1.165) is 0 Å². The standard InChI is InChI=1S/Co.2Li.Mn.Ni.2H2O.2O.2H/h;;;;;2*1H2;;;;/q;2*+1;+2;;;;;;2*-1/p-2. The average Bonchev–Trinajstić information content (AvgIpc) is 0.722. The zero-order chi connectivity index (χ0) is 4.50. The first-order chi connectivity index (χ1) is 2.00. The molecular formula is H4CoLi2MnNiO4. The van der Waals surface area contributed by atoms with Gasteiger partial charge in [-0.25, -0.2) is 0 Å². The van der Waals surface area contributed by atoms with Crippen molar-refractivity contribution in [2.75, 3.05) is 0 Å². The molecule has 0 spiro atoms. The molecule has 9 heavy (non-hydrogen) atoms. The van der Waals surface area contributed by atoms with Gasteiger partial charge in [0.15, 0.2) is 0 Å². The van der Waals surface area contributed by atoms with Crippen LogP contribution in [0.3, 0.4) is 0 Å². The molecule has 0 saturated carbocycles. The number of hydrogen-bond acceptors (Lipinski definition) is 2. The molecule has 4 nitrogen and oxygen atoms in total. The van der Waals surface area contributed by atoms with Crippen LogP contribution in [0.25, 0.3) is 0 Å². The molecule has 2 N–H and O–H groups in total. The van der Waals surface area contributed by atoms with Gasteiger partial charge >= 0.3 is 67.1 Å². The Morgan fingerprint density at radius 3 is 1.11 bits per heavy atom. The van der Waals surface area contributed by atoms with Gasteiger partial charge in [0.2, 0.25) is 0 Å². The van der Waals surface area contributed by atoms with Crippen LogP contribution in [0.5, 0.6) is 0 Å². The van der Waals surface area contributed by atoms with Crippen molar-refractivity contribution in [2.45, 2.75) is 0 Å². The van der Waals surface area contributed by atoms with E-state index in [0.29, 0.717) is 0 Å². The van der Waals surface area contributed by atoms with Gasteiger partial charge in [0.1, 0.15) is 0 Å². The van der Waals surface area contributed by atoms with Gasteiger partial charge in [0, 0.05) is 33.3 Å². The molecule has 0 unspecified atom stereocenters. The molecule has 0 heterocycles. The van der Waals surface area contributed by atoms with Gasteiger partial charge in [-0.05, 0) is 0 Å². The van der Waals surface area contributed by atoms with Gasteiger partial charge in [0.05, 0.1) is 0 Å². The first-order valence-electron chi connectivity index (χ1n) is 0.647. The third-order valence-corrected chi connectivity index (χ3v) is 0. The molecule has 0 aromatic carbocycles. The summed E-state index contributed by atoms with van der Waals surface area (Å²) in [5, 5.41) is 0. The van der Waals surface area contributed by atoms with Crippen LogP contribution in [0.1, 0.15) is 2.85 Å². The first-order valence-corrected chi connectivity index (χ1v) is 2.67. The maximum absolute atomic E-state index is 8.80. The molecule has 0 saturated heterocycles. The molecule has 0 rings (SSSR count). The molecule has 56 valence electrons. The van der Waals surface area contributed by atoms with Crippen molar-refractivity contribution < 1.29 is 103 Å². The normalized spacial score (nSPS) is 6.44. The van der Waals surface area contributed by atoms with Crippen molar-refractivity contribution in [2.24, 2.45) is 0 Å². The first kappa shape index (κ1) is 30.3. The quantitative estimate of drug-likeness (QED) is 0.421. The van der Waals surface area contributed by atoms with E-state index in [-0.39, 0.29) is 73.8 Å². The number of rotatable bonds is 0. The van der Waals surface area contributed by atoms with Gasteiger partial charge in [-0.1, -0.05) is 0 Å². The summed E-state index contributed by atoms with van der Waals surface area (Å²) in [4.78, 5) is 0. The van der Waals surface area contributed by atoms with Crippen LogP contribution in [0.2, 0.25) is 0 Å².